The highest BCUT2D eigenvalue weighted by Crippen LogP contribution is 2.34. The summed E-state index contributed by atoms with van der Waals surface area (Å²) in [6.45, 7) is 4.40. The minimum atomic E-state index is 0.146. The average Bonchev–Trinajstić information content (AvgIpc) is 3.04. The maximum Gasteiger partial charge on any atom is 0.144 e. The molecule has 2 saturated heterocycles. The second kappa shape index (κ2) is 7.05. The summed E-state index contributed by atoms with van der Waals surface area (Å²) in [5.41, 5.74) is 0.628. The molecular weight excluding hydrogens is 320 g/mol. The van der Waals surface area contributed by atoms with Crippen molar-refractivity contribution in [1.82, 2.24) is 9.88 Å². The molecule has 2 aliphatic heterocycles. The first kappa shape index (κ1) is 15.9. The molecule has 0 aromatic carbocycles. The number of rotatable bonds is 4. The Bertz CT molecular complexity index is 565. The third-order valence-electron chi connectivity index (χ3n) is 4.32. The van der Waals surface area contributed by atoms with Gasteiger partial charge >= 0.3 is 0 Å². The number of ether oxygens (including phenoxy) is 1. The molecule has 0 saturated carbocycles. The SMILES string of the molecule is N#Cc1cnc(NC[C@@]2(N3CCOCC3)CCSC2)c(Cl)c1. The summed E-state index contributed by atoms with van der Waals surface area (Å²) < 4.78 is 5.48. The van der Waals surface area contributed by atoms with Crippen LogP contribution in [0.2, 0.25) is 5.02 Å². The average molecular weight is 339 g/mol. The van der Waals surface area contributed by atoms with Crippen molar-refractivity contribution in [3.8, 4) is 6.07 Å². The fourth-order valence-electron chi connectivity index (χ4n) is 3.01. The molecular formula is C15H19ClN4OS. The second-order valence-electron chi connectivity index (χ2n) is 5.65. The summed E-state index contributed by atoms with van der Waals surface area (Å²) in [4.78, 5) is 6.81. The first-order valence-corrected chi connectivity index (χ1v) is 8.97. The van der Waals surface area contributed by atoms with Gasteiger partial charge in [0.15, 0.2) is 0 Å². The van der Waals surface area contributed by atoms with E-state index in [1.54, 1.807) is 12.3 Å². The van der Waals surface area contributed by atoms with Gasteiger partial charge in [-0.15, -0.1) is 0 Å². The Kier molecular flexibility index (Phi) is 5.09. The zero-order chi connectivity index (χ0) is 15.4. The van der Waals surface area contributed by atoms with Gasteiger partial charge in [0.1, 0.15) is 11.9 Å². The highest BCUT2D eigenvalue weighted by molar-refractivity contribution is 7.99. The van der Waals surface area contributed by atoms with Gasteiger partial charge < -0.3 is 10.1 Å². The van der Waals surface area contributed by atoms with Crippen LogP contribution >= 0.6 is 23.4 Å². The predicted octanol–water partition coefficient (Wildman–Crippen LogP) is 2.23. The monoisotopic (exact) mass is 338 g/mol. The van der Waals surface area contributed by atoms with E-state index in [9.17, 15) is 0 Å². The molecule has 0 aliphatic carbocycles. The van der Waals surface area contributed by atoms with Gasteiger partial charge in [-0.05, 0) is 18.2 Å². The Hall–Kier alpha value is -1.00. The van der Waals surface area contributed by atoms with Crippen LogP contribution in [0.25, 0.3) is 0 Å². The number of halogens is 1. The minimum Gasteiger partial charge on any atom is -0.379 e. The van der Waals surface area contributed by atoms with Crippen molar-refractivity contribution < 1.29 is 4.74 Å². The topological polar surface area (TPSA) is 61.2 Å². The third kappa shape index (κ3) is 3.33. The lowest BCUT2D eigenvalue weighted by Gasteiger charge is -2.43. The van der Waals surface area contributed by atoms with E-state index in [0.29, 0.717) is 16.4 Å². The van der Waals surface area contributed by atoms with E-state index in [1.165, 1.54) is 12.2 Å². The fraction of sp³-hybridized carbons (Fsp3) is 0.600. The largest absolute Gasteiger partial charge is 0.379 e. The first-order chi connectivity index (χ1) is 10.7. The van der Waals surface area contributed by atoms with Crippen LogP contribution in [-0.4, -0.2) is 59.8 Å². The van der Waals surface area contributed by atoms with E-state index in [1.807, 2.05) is 11.8 Å². The van der Waals surface area contributed by atoms with Crippen LogP contribution in [0.4, 0.5) is 5.82 Å². The molecule has 118 valence electrons. The molecule has 0 amide bonds. The number of thioether (sulfide) groups is 1. The zero-order valence-corrected chi connectivity index (χ0v) is 13.9. The Balaban J connectivity index is 1.71. The first-order valence-electron chi connectivity index (χ1n) is 7.44. The van der Waals surface area contributed by atoms with Crippen LogP contribution in [0.5, 0.6) is 0 Å². The molecule has 1 N–H and O–H groups in total. The molecule has 3 rings (SSSR count). The van der Waals surface area contributed by atoms with Gasteiger partial charge in [0, 0.05) is 37.1 Å². The Morgan fingerprint density at radius 3 is 2.95 bits per heavy atom. The van der Waals surface area contributed by atoms with Crippen LogP contribution in [0.15, 0.2) is 12.3 Å². The Morgan fingerprint density at radius 1 is 1.50 bits per heavy atom. The zero-order valence-electron chi connectivity index (χ0n) is 12.3. The summed E-state index contributed by atoms with van der Waals surface area (Å²) in [5, 5.41) is 12.8. The predicted molar refractivity (Wildman–Crippen MR) is 89.5 cm³/mol. The second-order valence-corrected chi connectivity index (χ2v) is 7.16. The number of morpholine rings is 1. The van der Waals surface area contributed by atoms with Gasteiger partial charge in [-0.2, -0.15) is 17.0 Å². The van der Waals surface area contributed by atoms with Gasteiger partial charge in [-0.3, -0.25) is 4.90 Å². The fourth-order valence-corrected chi connectivity index (χ4v) is 4.72. The molecule has 0 radical (unpaired) electrons. The molecule has 1 aromatic rings. The highest BCUT2D eigenvalue weighted by atomic mass is 35.5. The van der Waals surface area contributed by atoms with Crippen LogP contribution in [0, 0.1) is 11.3 Å². The summed E-state index contributed by atoms with van der Waals surface area (Å²) in [5.74, 6) is 2.96. The number of nitriles is 1. The maximum absolute atomic E-state index is 8.88. The quantitative estimate of drug-likeness (QED) is 0.908. The standard InChI is InChI=1S/C15H19ClN4OS/c16-13-7-12(8-17)9-18-14(13)19-10-15(1-6-22-11-15)20-2-4-21-5-3-20/h7,9H,1-6,10-11H2,(H,18,19)/t15-/m0/s1. The lowest BCUT2D eigenvalue weighted by molar-refractivity contribution is -0.00922. The molecule has 2 fully saturated rings. The number of nitrogens with one attached hydrogen (secondary N) is 1. The highest BCUT2D eigenvalue weighted by Gasteiger charge is 2.40. The smallest absolute Gasteiger partial charge is 0.144 e. The van der Waals surface area contributed by atoms with E-state index < -0.39 is 0 Å². The maximum atomic E-state index is 8.88. The summed E-state index contributed by atoms with van der Waals surface area (Å²) in [7, 11) is 0. The minimum absolute atomic E-state index is 0.146. The van der Waals surface area contributed by atoms with Crippen molar-refractivity contribution in [3.05, 3.63) is 22.8 Å². The van der Waals surface area contributed by atoms with Crippen molar-refractivity contribution in [2.45, 2.75) is 12.0 Å². The number of hydrogen-bond acceptors (Lipinski definition) is 6. The third-order valence-corrected chi connectivity index (χ3v) is 5.84. The molecule has 22 heavy (non-hydrogen) atoms. The lowest BCUT2D eigenvalue weighted by atomic mass is 9.95. The number of nitrogens with zero attached hydrogens (tertiary/aromatic N) is 3. The normalized spacial score (nSPS) is 25.8. The van der Waals surface area contributed by atoms with E-state index in [4.69, 9.17) is 21.6 Å². The van der Waals surface area contributed by atoms with E-state index in [-0.39, 0.29) is 5.54 Å². The number of anilines is 1. The molecule has 7 heteroatoms. The van der Waals surface area contributed by atoms with Gasteiger partial charge in [-0.1, -0.05) is 11.6 Å². The molecule has 1 atom stereocenters. The van der Waals surface area contributed by atoms with Crippen LogP contribution in [-0.2, 0) is 4.74 Å². The van der Waals surface area contributed by atoms with Gasteiger partial charge in [0.05, 0.1) is 23.8 Å². The van der Waals surface area contributed by atoms with Crippen LogP contribution < -0.4 is 5.32 Å². The summed E-state index contributed by atoms with van der Waals surface area (Å²) >= 11 is 8.21. The number of hydrogen-bond donors (Lipinski definition) is 1. The van der Waals surface area contributed by atoms with Crippen molar-refractivity contribution in [2.24, 2.45) is 0 Å². The van der Waals surface area contributed by atoms with Gasteiger partial charge in [0.2, 0.25) is 0 Å². The molecule has 2 aliphatic rings. The molecule has 0 spiro atoms. The molecule has 0 bridgehead atoms. The van der Waals surface area contributed by atoms with Crippen molar-refractivity contribution in [3.63, 3.8) is 0 Å². The molecule has 1 aromatic heterocycles. The Labute approximate surface area is 140 Å². The van der Waals surface area contributed by atoms with Crippen molar-refractivity contribution in [1.29, 1.82) is 5.26 Å². The molecule has 3 heterocycles. The Morgan fingerprint density at radius 2 is 2.32 bits per heavy atom. The molecule has 5 nitrogen and oxygen atoms in total. The summed E-state index contributed by atoms with van der Waals surface area (Å²) in [6, 6.07) is 3.71. The van der Waals surface area contributed by atoms with E-state index in [2.05, 4.69) is 21.3 Å². The van der Waals surface area contributed by atoms with Gasteiger partial charge in [-0.25, -0.2) is 4.98 Å². The summed E-state index contributed by atoms with van der Waals surface area (Å²) in [6.07, 6.45) is 2.72. The molecule has 0 unspecified atom stereocenters. The van der Waals surface area contributed by atoms with Crippen molar-refractivity contribution in [2.75, 3.05) is 49.7 Å². The van der Waals surface area contributed by atoms with E-state index >= 15 is 0 Å². The number of aromatic nitrogens is 1. The van der Waals surface area contributed by atoms with Crippen molar-refractivity contribution >= 4 is 29.2 Å². The lowest BCUT2D eigenvalue weighted by Crippen LogP contribution is -2.57. The van der Waals surface area contributed by atoms with Gasteiger partial charge in [0.25, 0.3) is 0 Å². The number of pyridine rings is 1. The van der Waals surface area contributed by atoms with Crippen LogP contribution in [0.3, 0.4) is 0 Å². The van der Waals surface area contributed by atoms with Crippen LogP contribution in [0.1, 0.15) is 12.0 Å². The van der Waals surface area contributed by atoms with E-state index in [0.717, 1.165) is 38.6 Å².